The molecule has 1 aliphatic rings. The van der Waals surface area contributed by atoms with Crippen LogP contribution in [-0.4, -0.2) is 28.0 Å². The molecular weight excluding hydrogens is 192 g/mol. The molecule has 1 unspecified atom stereocenters. The van der Waals surface area contributed by atoms with E-state index in [1.807, 2.05) is 4.68 Å². The van der Waals surface area contributed by atoms with Crippen LogP contribution >= 0.6 is 0 Å². The Morgan fingerprint density at radius 3 is 3.27 bits per heavy atom. The van der Waals surface area contributed by atoms with Gasteiger partial charge in [0.1, 0.15) is 11.0 Å². The number of hydrogen-bond donors (Lipinski definition) is 1. The molecule has 5 heteroatoms. The maximum absolute atomic E-state index is 5.93. The van der Waals surface area contributed by atoms with E-state index in [0.717, 1.165) is 29.7 Å². The first-order valence-corrected chi connectivity index (χ1v) is 5.02. The monoisotopic (exact) mass is 204 g/mol. The standard InChI is InChI=1S/C10H12N4O/c11-8-1-3-12-9-5-13-14(10(8)9)7-2-4-15-6-7/h1,3,5,7H,2,4,6H2,(H2,11,12). The summed E-state index contributed by atoms with van der Waals surface area (Å²) in [6.07, 6.45) is 4.45. The van der Waals surface area contributed by atoms with Crippen LogP contribution < -0.4 is 5.73 Å². The zero-order chi connectivity index (χ0) is 10.3. The Bertz CT molecular complexity index is 487. The predicted octanol–water partition coefficient (Wildman–Crippen LogP) is 0.975. The average molecular weight is 204 g/mol. The molecule has 0 aromatic carbocycles. The summed E-state index contributed by atoms with van der Waals surface area (Å²) in [5, 5.41) is 4.33. The van der Waals surface area contributed by atoms with Gasteiger partial charge in [0, 0.05) is 12.8 Å². The highest BCUT2D eigenvalue weighted by atomic mass is 16.5. The summed E-state index contributed by atoms with van der Waals surface area (Å²) in [4.78, 5) is 4.23. The Kier molecular flexibility index (Phi) is 1.85. The van der Waals surface area contributed by atoms with Gasteiger partial charge in [-0.3, -0.25) is 9.67 Å². The maximum Gasteiger partial charge on any atom is 0.110 e. The third kappa shape index (κ3) is 1.27. The van der Waals surface area contributed by atoms with Crippen LogP contribution in [0.4, 0.5) is 5.69 Å². The second kappa shape index (κ2) is 3.20. The molecule has 3 rings (SSSR count). The number of hydrogen-bond acceptors (Lipinski definition) is 4. The topological polar surface area (TPSA) is 66.0 Å². The molecule has 1 saturated heterocycles. The van der Waals surface area contributed by atoms with E-state index in [2.05, 4.69) is 10.1 Å². The molecule has 2 aromatic rings. The number of anilines is 1. The van der Waals surface area contributed by atoms with Gasteiger partial charge >= 0.3 is 0 Å². The summed E-state index contributed by atoms with van der Waals surface area (Å²) in [6.45, 7) is 1.51. The van der Waals surface area contributed by atoms with Crippen LogP contribution in [0.1, 0.15) is 12.5 Å². The molecule has 3 heterocycles. The summed E-state index contributed by atoms with van der Waals surface area (Å²) < 4.78 is 7.28. The number of rotatable bonds is 1. The zero-order valence-electron chi connectivity index (χ0n) is 8.26. The van der Waals surface area contributed by atoms with Crippen LogP contribution in [0, 0.1) is 0 Å². The second-order valence-corrected chi connectivity index (χ2v) is 3.74. The van der Waals surface area contributed by atoms with Crippen LogP contribution in [0.5, 0.6) is 0 Å². The third-order valence-corrected chi connectivity index (χ3v) is 2.77. The smallest absolute Gasteiger partial charge is 0.110 e. The number of aromatic nitrogens is 3. The molecule has 0 bridgehead atoms. The van der Waals surface area contributed by atoms with Crippen molar-refractivity contribution in [1.82, 2.24) is 14.8 Å². The SMILES string of the molecule is Nc1ccnc2cnn(C3CCOC3)c12. The number of nitrogen functional groups attached to an aromatic ring is 1. The Morgan fingerprint density at radius 2 is 2.47 bits per heavy atom. The lowest BCUT2D eigenvalue weighted by atomic mass is 10.2. The quantitative estimate of drug-likeness (QED) is 0.751. The number of nitrogens with zero attached hydrogens (tertiary/aromatic N) is 3. The molecule has 1 aliphatic heterocycles. The van der Waals surface area contributed by atoms with Gasteiger partial charge < -0.3 is 10.5 Å². The number of ether oxygens (including phenoxy) is 1. The molecule has 15 heavy (non-hydrogen) atoms. The van der Waals surface area contributed by atoms with Gasteiger partial charge in [-0.15, -0.1) is 0 Å². The van der Waals surface area contributed by atoms with Crippen molar-refractivity contribution in [3.8, 4) is 0 Å². The minimum Gasteiger partial charge on any atom is -0.397 e. The van der Waals surface area contributed by atoms with Gasteiger partial charge in [-0.25, -0.2) is 0 Å². The van der Waals surface area contributed by atoms with Gasteiger partial charge in [0.25, 0.3) is 0 Å². The first-order chi connectivity index (χ1) is 7.36. The zero-order valence-corrected chi connectivity index (χ0v) is 8.26. The lowest BCUT2D eigenvalue weighted by molar-refractivity contribution is 0.185. The molecular formula is C10H12N4O. The number of fused-ring (bicyclic) bond motifs is 1. The van der Waals surface area contributed by atoms with E-state index in [1.165, 1.54) is 0 Å². The van der Waals surface area contributed by atoms with Crippen molar-refractivity contribution in [2.24, 2.45) is 0 Å². The highest BCUT2D eigenvalue weighted by molar-refractivity contribution is 5.86. The van der Waals surface area contributed by atoms with Gasteiger partial charge in [0.15, 0.2) is 0 Å². The molecule has 78 valence electrons. The van der Waals surface area contributed by atoms with Crippen molar-refractivity contribution in [3.63, 3.8) is 0 Å². The molecule has 0 amide bonds. The lowest BCUT2D eigenvalue weighted by Gasteiger charge is -2.10. The number of nitrogens with two attached hydrogens (primary N) is 1. The minimum atomic E-state index is 0.300. The minimum absolute atomic E-state index is 0.300. The molecule has 0 radical (unpaired) electrons. The van der Waals surface area contributed by atoms with Crippen LogP contribution in [0.3, 0.4) is 0 Å². The summed E-state index contributed by atoms with van der Waals surface area (Å²) in [5.41, 5.74) is 8.43. The first kappa shape index (κ1) is 8.67. The molecule has 5 nitrogen and oxygen atoms in total. The molecule has 1 fully saturated rings. The summed E-state index contributed by atoms with van der Waals surface area (Å²) in [6, 6.07) is 2.10. The van der Waals surface area contributed by atoms with E-state index in [4.69, 9.17) is 10.5 Å². The third-order valence-electron chi connectivity index (χ3n) is 2.77. The molecule has 0 saturated carbocycles. The van der Waals surface area contributed by atoms with E-state index in [9.17, 15) is 0 Å². The Balaban J connectivity index is 2.18. The first-order valence-electron chi connectivity index (χ1n) is 5.02. The highest BCUT2D eigenvalue weighted by Crippen LogP contribution is 2.25. The molecule has 1 atom stereocenters. The summed E-state index contributed by atoms with van der Waals surface area (Å²) in [7, 11) is 0. The Labute approximate surface area is 86.8 Å². The lowest BCUT2D eigenvalue weighted by Crippen LogP contribution is -2.10. The number of pyridine rings is 1. The van der Waals surface area contributed by atoms with Gasteiger partial charge in [-0.05, 0) is 12.5 Å². The largest absolute Gasteiger partial charge is 0.397 e. The van der Waals surface area contributed by atoms with Crippen molar-refractivity contribution in [2.45, 2.75) is 12.5 Å². The van der Waals surface area contributed by atoms with E-state index in [-0.39, 0.29) is 0 Å². The Hall–Kier alpha value is -1.62. The summed E-state index contributed by atoms with van der Waals surface area (Å²) >= 11 is 0. The van der Waals surface area contributed by atoms with Crippen LogP contribution in [0.15, 0.2) is 18.5 Å². The summed E-state index contributed by atoms with van der Waals surface area (Å²) in [5.74, 6) is 0. The van der Waals surface area contributed by atoms with E-state index in [0.29, 0.717) is 12.6 Å². The average Bonchev–Trinajstić information content (AvgIpc) is 2.85. The molecule has 2 aromatic heterocycles. The Morgan fingerprint density at radius 1 is 1.53 bits per heavy atom. The molecule has 2 N–H and O–H groups in total. The molecule has 0 aliphatic carbocycles. The predicted molar refractivity (Wildman–Crippen MR) is 56.4 cm³/mol. The van der Waals surface area contributed by atoms with Crippen LogP contribution in [0.2, 0.25) is 0 Å². The van der Waals surface area contributed by atoms with E-state index in [1.54, 1.807) is 18.5 Å². The van der Waals surface area contributed by atoms with Crippen LogP contribution in [0.25, 0.3) is 11.0 Å². The fourth-order valence-electron chi connectivity index (χ4n) is 2.00. The molecule has 0 spiro atoms. The van der Waals surface area contributed by atoms with Crippen molar-refractivity contribution >= 4 is 16.7 Å². The highest BCUT2D eigenvalue weighted by Gasteiger charge is 2.21. The van der Waals surface area contributed by atoms with Crippen molar-refractivity contribution in [2.75, 3.05) is 18.9 Å². The fraction of sp³-hybridized carbons (Fsp3) is 0.400. The van der Waals surface area contributed by atoms with E-state index >= 15 is 0 Å². The van der Waals surface area contributed by atoms with Crippen molar-refractivity contribution in [1.29, 1.82) is 0 Å². The van der Waals surface area contributed by atoms with Gasteiger partial charge in [-0.2, -0.15) is 5.10 Å². The second-order valence-electron chi connectivity index (χ2n) is 3.74. The van der Waals surface area contributed by atoms with Gasteiger partial charge in [0.2, 0.25) is 0 Å². The van der Waals surface area contributed by atoms with Crippen molar-refractivity contribution in [3.05, 3.63) is 18.5 Å². The van der Waals surface area contributed by atoms with Gasteiger partial charge in [0.05, 0.1) is 24.5 Å². The van der Waals surface area contributed by atoms with Gasteiger partial charge in [-0.1, -0.05) is 0 Å². The fourth-order valence-corrected chi connectivity index (χ4v) is 2.00. The van der Waals surface area contributed by atoms with Crippen LogP contribution in [-0.2, 0) is 4.74 Å². The normalized spacial score (nSPS) is 21.2. The van der Waals surface area contributed by atoms with Crippen molar-refractivity contribution < 1.29 is 4.74 Å². The van der Waals surface area contributed by atoms with E-state index < -0.39 is 0 Å². The maximum atomic E-state index is 5.93.